The summed E-state index contributed by atoms with van der Waals surface area (Å²) < 4.78 is 11.4. The fraction of sp³-hybridized carbons (Fsp3) is 0.412. The zero-order valence-corrected chi connectivity index (χ0v) is 25.2. The third-order valence-corrected chi connectivity index (χ3v) is 6.56. The van der Waals surface area contributed by atoms with E-state index in [0.29, 0.717) is 23.2 Å². The van der Waals surface area contributed by atoms with E-state index < -0.39 is 18.0 Å². The van der Waals surface area contributed by atoms with Crippen LogP contribution in [0.2, 0.25) is 0 Å². The molecule has 0 aliphatic rings. The zero-order valence-electron chi connectivity index (χ0n) is 25.2. The minimum Gasteiger partial charge on any atom is -0.419 e. The maximum atomic E-state index is 13.1. The Bertz CT molecular complexity index is 1320. The number of carbonyl (C=O) groups is 2. The van der Waals surface area contributed by atoms with E-state index in [0.717, 1.165) is 11.1 Å². The highest BCUT2D eigenvalue weighted by molar-refractivity contribution is 5.93. The number of benzene rings is 3. The van der Waals surface area contributed by atoms with Crippen LogP contribution in [0.4, 0.5) is 0 Å². The summed E-state index contributed by atoms with van der Waals surface area (Å²) in [7, 11) is 0. The van der Waals surface area contributed by atoms with Crippen LogP contribution in [-0.2, 0) is 10.8 Å². The Hall–Kier alpha value is -3.48. The van der Waals surface area contributed by atoms with Gasteiger partial charge in [-0.2, -0.15) is 0 Å². The molecule has 40 heavy (non-hydrogen) atoms. The Morgan fingerprint density at radius 2 is 1.10 bits per heavy atom. The molecule has 1 unspecified atom stereocenters. The summed E-state index contributed by atoms with van der Waals surface area (Å²) in [6, 6.07) is 19.2. The number of hydrogen-bond donors (Lipinski definition) is 2. The molecular weight excluding hydrogens is 502 g/mol. The van der Waals surface area contributed by atoms with Crippen molar-refractivity contribution in [2.45, 2.75) is 84.8 Å². The van der Waals surface area contributed by atoms with Crippen molar-refractivity contribution in [2.75, 3.05) is 6.54 Å². The highest BCUT2D eigenvalue weighted by Crippen LogP contribution is 2.33. The lowest BCUT2D eigenvalue weighted by Gasteiger charge is -2.23. The third-order valence-electron chi connectivity index (χ3n) is 6.56. The molecule has 0 bridgehead atoms. The summed E-state index contributed by atoms with van der Waals surface area (Å²) in [5, 5.41) is 14.1. The summed E-state index contributed by atoms with van der Waals surface area (Å²) in [6.45, 7) is 18.9. The molecule has 0 amide bonds. The standard InChI is InChI=1S/C34H43NO5/c1-32(2,3)25-15-10-22(11-16-25)30(37)39-28-19-14-24(27(36)21-35-34(7,8)9)20-29(28)40-31(38)23-12-17-26(18-13-23)33(4,5)6/h10-20,27,35-36H,21H2,1-9H3. The Morgan fingerprint density at radius 3 is 1.50 bits per heavy atom. The van der Waals surface area contributed by atoms with E-state index in [1.54, 1.807) is 42.5 Å². The van der Waals surface area contributed by atoms with Crippen molar-refractivity contribution < 1.29 is 24.2 Å². The van der Waals surface area contributed by atoms with Crippen LogP contribution in [0.1, 0.15) is 106 Å². The second-order valence-corrected chi connectivity index (χ2v) is 13.3. The normalized spacial score (nSPS) is 13.1. The van der Waals surface area contributed by atoms with Crippen LogP contribution in [0.25, 0.3) is 0 Å². The molecule has 0 heterocycles. The Morgan fingerprint density at radius 1 is 0.675 bits per heavy atom. The van der Waals surface area contributed by atoms with Gasteiger partial charge in [0.05, 0.1) is 17.2 Å². The maximum Gasteiger partial charge on any atom is 0.343 e. The van der Waals surface area contributed by atoms with Gasteiger partial charge in [0.25, 0.3) is 0 Å². The first-order valence-electron chi connectivity index (χ1n) is 13.7. The van der Waals surface area contributed by atoms with Crippen molar-refractivity contribution in [3.8, 4) is 11.5 Å². The van der Waals surface area contributed by atoms with Crippen LogP contribution in [0.15, 0.2) is 66.7 Å². The van der Waals surface area contributed by atoms with Crippen molar-refractivity contribution in [3.63, 3.8) is 0 Å². The van der Waals surface area contributed by atoms with E-state index in [1.165, 1.54) is 0 Å². The maximum absolute atomic E-state index is 13.1. The number of nitrogens with one attached hydrogen (secondary N) is 1. The first-order valence-corrected chi connectivity index (χ1v) is 13.7. The van der Waals surface area contributed by atoms with E-state index in [4.69, 9.17) is 9.47 Å². The predicted molar refractivity (Wildman–Crippen MR) is 159 cm³/mol. The molecule has 0 aromatic heterocycles. The van der Waals surface area contributed by atoms with Gasteiger partial charge < -0.3 is 19.9 Å². The molecule has 2 N–H and O–H groups in total. The topological polar surface area (TPSA) is 84.9 Å². The molecule has 6 heteroatoms. The Balaban J connectivity index is 1.89. The van der Waals surface area contributed by atoms with Crippen LogP contribution in [-0.4, -0.2) is 29.1 Å². The van der Waals surface area contributed by atoms with Crippen LogP contribution in [0.5, 0.6) is 11.5 Å². The molecule has 0 aliphatic heterocycles. The number of β-amino-alcohol motifs (C(OH)–C–C–N with tert-alkyl or cyclic N) is 1. The first kappa shape index (κ1) is 31.1. The highest BCUT2D eigenvalue weighted by atomic mass is 16.6. The largest absolute Gasteiger partial charge is 0.419 e. The fourth-order valence-corrected chi connectivity index (χ4v) is 3.95. The number of esters is 2. The smallest absolute Gasteiger partial charge is 0.343 e. The number of carbonyl (C=O) groups excluding carboxylic acids is 2. The number of rotatable bonds is 7. The van der Waals surface area contributed by atoms with E-state index in [-0.39, 0.29) is 27.9 Å². The molecule has 0 spiro atoms. The first-order chi connectivity index (χ1) is 18.4. The molecule has 0 fully saturated rings. The van der Waals surface area contributed by atoms with E-state index in [1.807, 2.05) is 45.0 Å². The molecule has 0 radical (unpaired) electrons. The van der Waals surface area contributed by atoms with Crippen molar-refractivity contribution in [3.05, 3.63) is 94.5 Å². The lowest BCUT2D eigenvalue weighted by Crippen LogP contribution is -2.38. The molecule has 1 atom stereocenters. The van der Waals surface area contributed by atoms with Crippen LogP contribution < -0.4 is 14.8 Å². The van der Waals surface area contributed by atoms with Gasteiger partial charge >= 0.3 is 11.9 Å². The van der Waals surface area contributed by atoms with Gasteiger partial charge in [0.15, 0.2) is 11.5 Å². The van der Waals surface area contributed by atoms with Crippen molar-refractivity contribution in [1.29, 1.82) is 0 Å². The van der Waals surface area contributed by atoms with Gasteiger partial charge in [0.1, 0.15) is 0 Å². The van der Waals surface area contributed by atoms with E-state index >= 15 is 0 Å². The van der Waals surface area contributed by atoms with Crippen molar-refractivity contribution >= 4 is 11.9 Å². The summed E-state index contributed by atoms with van der Waals surface area (Å²) >= 11 is 0. The summed E-state index contributed by atoms with van der Waals surface area (Å²) in [5.74, 6) is -1.03. The minimum absolute atomic E-state index is 0.0482. The fourth-order valence-electron chi connectivity index (χ4n) is 3.95. The Kier molecular flexibility index (Phi) is 9.28. The molecule has 0 saturated carbocycles. The second kappa shape index (κ2) is 11.9. The molecule has 3 rings (SSSR count). The summed E-state index contributed by atoms with van der Waals surface area (Å²) in [5.41, 5.74) is 3.16. The average Bonchev–Trinajstić information content (AvgIpc) is 2.87. The molecule has 0 aliphatic carbocycles. The zero-order chi connectivity index (χ0) is 29.9. The second-order valence-electron chi connectivity index (χ2n) is 13.3. The molecular formula is C34H43NO5. The van der Waals surface area contributed by atoms with Gasteiger partial charge in [-0.1, -0.05) is 71.9 Å². The van der Waals surface area contributed by atoms with Gasteiger partial charge in [-0.25, -0.2) is 9.59 Å². The van der Waals surface area contributed by atoms with E-state index in [2.05, 4.69) is 46.9 Å². The molecule has 214 valence electrons. The molecule has 0 saturated heterocycles. The highest BCUT2D eigenvalue weighted by Gasteiger charge is 2.22. The number of aliphatic hydroxyl groups excluding tert-OH is 1. The summed E-state index contributed by atoms with van der Waals surface area (Å²) in [6.07, 6.45) is -0.863. The number of aliphatic hydroxyl groups is 1. The summed E-state index contributed by atoms with van der Waals surface area (Å²) in [4.78, 5) is 26.1. The molecule has 3 aromatic carbocycles. The monoisotopic (exact) mass is 545 g/mol. The number of hydrogen-bond acceptors (Lipinski definition) is 6. The van der Waals surface area contributed by atoms with Crippen LogP contribution in [0, 0.1) is 0 Å². The van der Waals surface area contributed by atoms with Crippen LogP contribution in [0.3, 0.4) is 0 Å². The predicted octanol–water partition coefficient (Wildman–Crippen LogP) is 7.14. The lowest BCUT2D eigenvalue weighted by atomic mass is 9.87. The number of ether oxygens (including phenoxy) is 2. The quantitative estimate of drug-likeness (QED) is 0.242. The SMILES string of the molecule is CC(C)(C)NCC(O)c1ccc(OC(=O)c2ccc(C(C)(C)C)cc2)c(OC(=O)c2ccc(C(C)(C)C)cc2)c1. The van der Waals surface area contributed by atoms with Crippen LogP contribution >= 0.6 is 0 Å². The lowest BCUT2D eigenvalue weighted by molar-refractivity contribution is 0.0681. The van der Waals surface area contributed by atoms with E-state index in [9.17, 15) is 14.7 Å². The van der Waals surface area contributed by atoms with Gasteiger partial charge in [-0.3, -0.25) is 0 Å². The van der Waals surface area contributed by atoms with Gasteiger partial charge in [-0.15, -0.1) is 0 Å². The van der Waals surface area contributed by atoms with Gasteiger partial charge in [-0.05, 0) is 84.7 Å². The van der Waals surface area contributed by atoms with Crippen molar-refractivity contribution in [1.82, 2.24) is 5.32 Å². The molecule has 3 aromatic rings. The Labute approximate surface area is 238 Å². The average molecular weight is 546 g/mol. The van der Waals surface area contributed by atoms with Crippen molar-refractivity contribution in [2.24, 2.45) is 0 Å². The third kappa shape index (κ3) is 8.51. The van der Waals surface area contributed by atoms with Gasteiger partial charge in [0, 0.05) is 12.1 Å². The van der Waals surface area contributed by atoms with Gasteiger partial charge in [0.2, 0.25) is 0 Å². The minimum atomic E-state index is -0.863. The molecule has 6 nitrogen and oxygen atoms in total.